The highest BCUT2D eigenvalue weighted by Gasteiger charge is 2.49. The third kappa shape index (κ3) is 4.36. The fourth-order valence-corrected chi connectivity index (χ4v) is 3.12. The molecule has 1 heterocycles. The van der Waals surface area contributed by atoms with Gasteiger partial charge in [-0.3, -0.25) is 4.79 Å². The smallest absolute Gasteiger partial charge is 0.281 e. The predicted octanol–water partition coefficient (Wildman–Crippen LogP) is 2.66. The Kier molecular flexibility index (Phi) is 5.92. The summed E-state index contributed by atoms with van der Waals surface area (Å²) in [6.45, 7) is 1.78. The fraction of sp³-hybridized carbons (Fsp3) is 0.381. The van der Waals surface area contributed by atoms with Gasteiger partial charge in [-0.2, -0.15) is 0 Å². The first-order valence-electron chi connectivity index (χ1n) is 8.87. The lowest BCUT2D eigenvalue weighted by molar-refractivity contribution is -0.318. The molecule has 4 atom stereocenters. The average Bonchev–Trinajstić information content (AvgIpc) is 3.07. The Balaban J connectivity index is 1.76. The number of hydrogen-bond donors (Lipinski definition) is 1. The molecule has 2 aromatic carbocycles. The van der Waals surface area contributed by atoms with Crippen molar-refractivity contribution >= 4 is 5.91 Å². The molecule has 2 unspecified atom stereocenters. The number of carbonyl (C=O) groups excluding carboxylic acids is 1. The molecular weight excluding hydrogens is 346 g/mol. The van der Waals surface area contributed by atoms with Gasteiger partial charge in [0, 0.05) is 21.1 Å². The van der Waals surface area contributed by atoms with Crippen molar-refractivity contribution < 1.29 is 24.1 Å². The molecule has 0 aliphatic carbocycles. The second-order valence-electron chi connectivity index (χ2n) is 6.70. The molecule has 1 aliphatic heterocycles. The topological polar surface area (TPSA) is 68.2 Å². The van der Waals surface area contributed by atoms with Crippen LogP contribution in [0.1, 0.15) is 30.3 Å². The molecule has 0 aromatic heterocycles. The van der Waals surface area contributed by atoms with Gasteiger partial charge in [0.2, 0.25) is 0 Å². The van der Waals surface area contributed by atoms with Crippen LogP contribution in [-0.2, 0) is 19.0 Å². The van der Waals surface area contributed by atoms with Crippen molar-refractivity contribution in [2.75, 3.05) is 20.7 Å². The molecule has 144 valence electrons. The fourth-order valence-electron chi connectivity index (χ4n) is 3.12. The first-order valence-corrected chi connectivity index (χ1v) is 8.87. The van der Waals surface area contributed by atoms with E-state index < -0.39 is 24.3 Å². The number of hydrogen-bond acceptors (Lipinski definition) is 5. The molecule has 0 saturated carbocycles. The normalized spacial score (nSPS) is 25.9. The van der Waals surface area contributed by atoms with Gasteiger partial charge in [0.15, 0.2) is 6.10 Å². The zero-order valence-corrected chi connectivity index (χ0v) is 15.7. The van der Waals surface area contributed by atoms with Crippen LogP contribution in [0.2, 0.25) is 0 Å². The Labute approximate surface area is 159 Å². The quantitative estimate of drug-likeness (QED) is 0.846. The van der Waals surface area contributed by atoms with Crippen molar-refractivity contribution in [3.05, 3.63) is 71.8 Å². The number of aliphatic hydroxyl groups excluding tert-OH is 1. The monoisotopic (exact) mass is 371 g/mol. The van der Waals surface area contributed by atoms with Gasteiger partial charge in [-0.15, -0.1) is 0 Å². The number of ether oxygens (including phenoxy) is 3. The molecule has 27 heavy (non-hydrogen) atoms. The summed E-state index contributed by atoms with van der Waals surface area (Å²) in [4.78, 5) is 14.5. The molecule has 1 fully saturated rings. The summed E-state index contributed by atoms with van der Waals surface area (Å²) >= 11 is 0. The van der Waals surface area contributed by atoms with Crippen molar-refractivity contribution in [2.24, 2.45) is 0 Å². The second-order valence-corrected chi connectivity index (χ2v) is 6.70. The minimum absolute atomic E-state index is 0.147. The predicted molar refractivity (Wildman–Crippen MR) is 99.6 cm³/mol. The van der Waals surface area contributed by atoms with Gasteiger partial charge in [-0.05, 0) is 11.1 Å². The van der Waals surface area contributed by atoms with Gasteiger partial charge in [-0.1, -0.05) is 60.7 Å². The third-order valence-electron chi connectivity index (χ3n) is 4.71. The highest BCUT2D eigenvalue weighted by atomic mass is 16.9. The molecule has 0 radical (unpaired) electrons. The molecule has 6 nitrogen and oxygen atoms in total. The van der Waals surface area contributed by atoms with E-state index in [9.17, 15) is 9.90 Å². The maximum absolute atomic E-state index is 13.1. The summed E-state index contributed by atoms with van der Waals surface area (Å²) in [5.41, 5.74) is 1.58. The molecule has 1 amide bonds. The van der Waals surface area contributed by atoms with E-state index in [4.69, 9.17) is 14.2 Å². The van der Waals surface area contributed by atoms with Crippen LogP contribution in [0.4, 0.5) is 0 Å². The van der Waals surface area contributed by atoms with Crippen LogP contribution in [0.15, 0.2) is 60.7 Å². The van der Waals surface area contributed by atoms with Crippen LogP contribution in [-0.4, -0.2) is 48.7 Å². The highest BCUT2D eigenvalue weighted by Crippen LogP contribution is 2.39. The Hall–Kier alpha value is -2.25. The largest absolute Gasteiger partial charge is 0.387 e. The van der Waals surface area contributed by atoms with Crippen LogP contribution in [0.25, 0.3) is 0 Å². The van der Waals surface area contributed by atoms with Crippen molar-refractivity contribution in [3.8, 4) is 0 Å². The number of benzene rings is 2. The van der Waals surface area contributed by atoms with Gasteiger partial charge in [0.25, 0.3) is 11.9 Å². The lowest BCUT2D eigenvalue weighted by atomic mass is 10.0. The number of likely N-dealkylation sites (N-methyl/N-ethyl adjacent to an activating group) is 1. The van der Waals surface area contributed by atoms with Crippen molar-refractivity contribution in [1.29, 1.82) is 0 Å². The van der Waals surface area contributed by atoms with Gasteiger partial charge in [0.05, 0.1) is 12.6 Å². The Morgan fingerprint density at radius 1 is 1.15 bits per heavy atom. The van der Waals surface area contributed by atoms with E-state index in [1.165, 1.54) is 12.0 Å². The number of amides is 1. The van der Waals surface area contributed by atoms with Gasteiger partial charge in [-0.25, -0.2) is 0 Å². The van der Waals surface area contributed by atoms with Gasteiger partial charge < -0.3 is 24.2 Å². The Bertz CT molecular complexity index is 754. The van der Waals surface area contributed by atoms with Gasteiger partial charge >= 0.3 is 0 Å². The second kappa shape index (κ2) is 8.19. The number of aliphatic hydroxyl groups is 1. The lowest BCUT2D eigenvalue weighted by Gasteiger charge is -2.25. The first-order chi connectivity index (χ1) is 12.9. The lowest BCUT2D eigenvalue weighted by Crippen LogP contribution is -2.41. The molecule has 0 spiro atoms. The molecule has 1 saturated heterocycles. The van der Waals surface area contributed by atoms with E-state index in [-0.39, 0.29) is 12.5 Å². The molecule has 2 aromatic rings. The van der Waals surface area contributed by atoms with Crippen LogP contribution >= 0.6 is 0 Å². The standard InChI is InChI=1S/C21H25NO5/c1-21(25-3)26-18(16-12-8-5-9-13-16)19(27-21)20(24)22(2)14-17(23)15-10-6-4-7-11-15/h4-13,17-19,23H,14H2,1-3H3/t17?,18-,19+,21?/m0/s1. The Morgan fingerprint density at radius 3 is 2.33 bits per heavy atom. The summed E-state index contributed by atoms with van der Waals surface area (Å²) in [6.07, 6.45) is -2.25. The van der Waals surface area contributed by atoms with Crippen molar-refractivity contribution in [2.45, 2.75) is 31.2 Å². The number of rotatable bonds is 6. The average molecular weight is 371 g/mol. The summed E-state index contributed by atoms with van der Waals surface area (Å²) in [5.74, 6) is -1.58. The van der Waals surface area contributed by atoms with Crippen LogP contribution in [0.5, 0.6) is 0 Å². The maximum atomic E-state index is 13.1. The summed E-state index contributed by atoms with van der Waals surface area (Å²) < 4.78 is 17.0. The van der Waals surface area contributed by atoms with E-state index in [2.05, 4.69) is 0 Å². The van der Waals surface area contributed by atoms with E-state index in [0.717, 1.165) is 11.1 Å². The zero-order chi connectivity index (χ0) is 19.4. The van der Waals surface area contributed by atoms with E-state index >= 15 is 0 Å². The summed E-state index contributed by atoms with van der Waals surface area (Å²) in [5, 5.41) is 10.4. The molecule has 1 N–H and O–H groups in total. The highest BCUT2D eigenvalue weighted by molar-refractivity contribution is 5.82. The third-order valence-corrected chi connectivity index (χ3v) is 4.71. The number of carbonyl (C=O) groups is 1. The minimum atomic E-state index is -1.31. The van der Waals surface area contributed by atoms with E-state index in [1.54, 1.807) is 14.0 Å². The summed E-state index contributed by atoms with van der Waals surface area (Å²) in [6, 6.07) is 18.7. The molecule has 0 bridgehead atoms. The minimum Gasteiger partial charge on any atom is -0.387 e. The molecule has 3 rings (SSSR count). The van der Waals surface area contributed by atoms with Crippen LogP contribution in [0, 0.1) is 0 Å². The molecular formula is C21H25NO5. The van der Waals surface area contributed by atoms with E-state index in [1.807, 2.05) is 60.7 Å². The van der Waals surface area contributed by atoms with Crippen molar-refractivity contribution in [1.82, 2.24) is 4.90 Å². The number of methoxy groups -OCH3 is 1. The number of nitrogens with zero attached hydrogens (tertiary/aromatic N) is 1. The summed E-state index contributed by atoms with van der Waals surface area (Å²) in [7, 11) is 3.11. The molecule has 1 aliphatic rings. The Morgan fingerprint density at radius 2 is 1.74 bits per heavy atom. The van der Waals surface area contributed by atoms with Gasteiger partial charge in [0.1, 0.15) is 6.10 Å². The first kappa shape index (κ1) is 19.5. The SMILES string of the molecule is COC1(C)O[C@@H](C(=O)N(C)CC(O)c2ccccc2)[C@H](c2ccccc2)O1. The van der Waals surface area contributed by atoms with E-state index in [0.29, 0.717) is 0 Å². The maximum Gasteiger partial charge on any atom is 0.281 e. The molecule has 6 heteroatoms. The van der Waals surface area contributed by atoms with Crippen LogP contribution in [0.3, 0.4) is 0 Å². The van der Waals surface area contributed by atoms with Crippen LogP contribution < -0.4 is 0 Å². The zero-order valence-electron chi connectivity index (χ0n) is 15.7. The van der Waals surface area contributed by atoms with Crippen molar-refractivity contribution in [3.63, 3.8) is 0 Å².